The van der Waals surface area contributed by atoms with E-state index in [9.17, 15) is 14.7 Å². The summed E-state index contributed by atoms with van der Waals surface area (Å²) in [6.07, 6.45) is 3.09. The van der Waals surface area contributed by atoms with Gasteiger partial charge in [0.2, 0.25) is 0 Å². The van der Waals surface area contributed by atoms with Crippen LogP contribution in [0.2, 0.25) is 0 Å². The van der Waals surface area contributed by atoms with Crippen molar-refractivity contribution in [1.29, 1.82) is 0 Å². The van der Waals surface area contributed by atoms with E-state index in [4.69, 9.17) is 5.11 Å². The van der Waals surface area contributed by atoms with Crippen LogP contribution in [0.1, 0.15) is 39.5 Å². The Morgan fingerprint density at radius 3 is 2.50 bits per heavy atom. The van der Waals surface area contributed by atoms with Gasteiger partial charge in [-0.1, -0.05) is 6.42 Å². The number of hydrogen-bond donors (Lipinski definition) is 4. The van der Waals surface area contributed by atoms with E-state index in [1.165, 1.54) is 13.3 Å². The fourth-order valence-corrected chi connectivity index (χ4v) is 1.97. The number of aliphatic carboxylic acids is 1. The van der Waals surface area contributed by atoms with Gasteiger partial charge in [0, 0.05) is 12.6 Å². The van der Waals surface area contributed by atoms with Crippen molar-refractivity contribution in [3.63, 3.8) is 0 Å². The molecule has 2 unspecified atom stereocenters. The first kappa shape index (κ1) is 14.8. The molecule has 6 nitrogen and oxygen atoms in total. The molecule has 1 rings (SSSR count). The van der Waals surface area contributed by atoms with Gasteiger partial charge >= 0.3 is 12.0 Å². The number of carboxylic acid groups (broad SMARTS) is 1. The molecule has 4 N–H and O–H groups in total. The summed E-state index contributed by atoms with van der Waals surface area (Å²) in [5.41, 5.74) is -1.43. The van der Waals surface area contributed by atoms with E-state index in [0.29, 0.717) is 5.92 Å². The molecule has 18 heavy (non-hydrogen) atoms. The summed E-state index contributed by atoms with van der Waals surface area (Å²) in [6, 6.07) is -0.247. The van der Waals surface area contributed by atoms with Gasteiger partial charge in [0.15, 0.2) is 0 Å². The van der Waals surface area contributed by atoms with Crippen LogP contribution in [-0.2, 0) is 4.79 Å². The second kappa shape index (κ2) is 6.04. The number of aliphatic hydroxyl groups is 1. The molecule has 0 aliphatic heterocycles. The number of amides is 2. The molecular formula is C12H22N2O4. The molecule has 0 spiro atoms. The zero-order chi connectivity index (χ0) is 13.8. The predicted octanol–water partition coefficient (Wildman–Crippen LogP) is 0.700. The van der Waals surface area contributed by atoms with Crippen LogP contribution in [0.25, 0.3) is 0 Å². The molecule has 1 saturated carbocycles. The summed E-state index contributed by atoms with van der Waals surface area (Å²) in [7, 11) is 0. The molecule has 0 radical (unpaired) electrons. The van der Waals surface area contributed by atoms with Crippen LogP contribution in [0.5, 0.6) is 0 Å². The Hall–Kier alpha value is -1.30. The summed E-state index contributed by atoms with van der Waals surface area (Å²) >= 11 is 0. The van der Waals surface area contributed by atoms with Crippen LogP contribution >= 0.6 is 0 Å². The quantitative estimate of drug-likeness (QED) is 0.563. The molecule has 0 saturated heterocycles. The fraction of sp³-hybridized carbons (Fsp3) is 0.833. The van der Waals surface area contributed by atoms with Crippen LogP contribution in [0.4, 0.5) is 4.79 Å². The highest BCUT2D eigenvalue weighted by Gasteiger charge is 2.27. The first-order chi connectivity index (χ1) is 8.30. The number of carbonyl (C=O) groups is 2. The highest BCUT2D eigenvalue weighted by molar-refractivity contribution is 5.74. The summed E-state index contributed by atoms with van der Waals surface area (Å²) in [4.78, 5) is 22.0. The van der Waals surface area contributed by atoms with Crippen molar-refractivity contribution in [3.05, 3.63) is 0 Å². The maximum atomic E-state index is 11.5. The normalized spacial score (nSPS) is 20.4. The molecule has 0 aromatic carbocycles. The van der Waals surface area contributed by atoms with Crippen molar-refractivity contribution in [2.75, 3.05) is 6.54 Å². The zero-order valence-electron chi connectivity index (χ0n) is 10.9. The van der Waals surface area contributed by atoms with Crippen LogP contribution in [0.3, 0.4) is 0 Å². The lowest BCUT2D eigenvalue weighted by Crippen LogP contribution is -2.50. The molecule has 0 bridgehead atoms. The summed E-state index contributed by atoms with van der Waals surface area (Å²) in [5.74, 6) is -0.555. The van der Waals surface area contributed by atoms with Gasteiger partial charge in [-0.3, -0.25) is 4.79 Å². The maximum Gasteiger partial charge on any atom is 0.315 e. The third-order valence-electron chi connectivity index (χ3n) is 3.38. The Morgan fingerprint density at radius 2 is 2.06 bits per heavy atom. The summed E-state index contributed by atoms with van der Waals surface area (Å²) in [6.45, 7) is 3.26. The van der Waals surface area contributed by atoms with E-state index in [2.05, 4.69) is 10.6 Å². The highest BCUT2D eigenvalue weighted by atomic mass is 16.4. The number of hydrogen-bond acceptors (Lipinski definition) is 3. The minimum absolute atomic E-state index is 0.0808. The molecule has 0 aromatic rings. The summed E-state index contributed by atoms with van der Waals surface area (Å²) < 4.78 is 0. The highest BCUT2D eigenvalue weighted by Crippen LogP contribution is 2.29. The predicted molar refractivity (Wildman–Crippen MR) is 66.2 cm³/mol. The monoisotopic (exact) mass is 258 g/mol. The fourth-order valence-electron chi connectivity index (χ4n) is 1.97. The second-order valence-electron chi connectivity index (χ2n) is 5.37. The minimum Gasteiger partial charge on any atom is -0.481 e. The van der Waals surface area contributed by atoms with Crippen molar-refractivity contribution < 1.29 is 19.8 Å². The third-order valence-corrected chi connectivity index (χ3v) is 3.38. The van der Waals surface area contributed by atoms with Crippen LogP contribution < -0.4 is 10.6 Å². The first-order valence-electron chi connectivity index (χ1n) is 6.29. The molecule has 1 fully saturated rings. The van der Waals surface area contributed by atoms with Gasteiger partial charge < -0.3 is 20.8 Å². The standard InChI is InChI=1S/C12H22N2O4/c1-8(9-4-3-5-9)14-11(17)13-7-12(2,18)6-10(15)16/h8-9,18H,3-7H2,1-2H3,(H,15,16)(H2,13,14,17). The van der Waals surface area contributed by atoms with E-state index in [1.807, 2.05) is 6.92 Å². The van der Waals surface area contributed by atoms with E-state index in [1.54, 1.807) is 0 Å². The maximum absolute atomic E-state index is 11.5. The summed E-state index contributed by atoms with van der Waals surface area (Å²) in [5, 5.41) is 23.6. The number of carbonyl (C=O) groups excluding carboxylic acids is 1. The average molecular weight is 258 g/mol. The number of urea groups is 1. The van der Waals surface area contributed by atoms with Gasteiger partial charge in [0.1, 0.15) is 0 Å². The van der Waals surface area contributed by atoms with Crippen LogP contribution in [0.15, 0.2) is 0 Å². The molecule has 2 amide bonds. The van der Waals surface area contributed by atoms with E-state index in [0.717, 1.165) is 12.8 Å². The molecule has 1 aliphatic rings. The Bertz CT molecular complexity index is 313. The molecule has 2 atom stereocenters. The second-order valence-corrected chi connectivity index (χ2v) is 5.37. The van der Waals surface area contributed by atoms with Gasteiger partial charge in [-0.2, -0.15) is 0 Å². The minimum atomic E-state index is -1.43. The van der Waals surface area contributed by atoms with E-state index >= 15 is 0 Å². The molecule has 0 aromatic heterocycles. The van der Waals surface area contributed by atoms with Crippen molar-refractivity contribution >= 4 is 12.0 Å². The third kappa shape index (κ3) is 4.91. The largest absolute Gasteiger partial charge is 0.481 e. The molecule has 1 aliphatic carbocycles. The Balaban J connectivity index is 2.25. The Kier molecular flexibility index (Phi) is 4.95. The topological polar surface area (TPSA) is 98.7 Å². The lowest BCUT2D eigenvalue weighted by Gasteiger charge is -2.32. The molecule has 0 heterocycles. The van der Waals surface area contributed by atoms with Gasteiger partial charge in [-0.15, -0.1) is 0 Å². The number of nitrogens with one attached hydrogen (secondary N) is 2. The van der Waals surface area contributed by atoms with Crippen molar-refractivity contribution in [1.82, 2.24) is 10.6 Å². The SMILES string of the molecule is CC(NC(=O)NCC(C)(O)CC(=O)O)C1CCC1. The lowest BCUT2D eigenvalue weighted by atomic mass is 9.80. The lowest BCUT2D eigenvalue weighted by molar-refractivity contribution is -0.141. The van der Waals surface area contributed by atoms with E-state index in [-0.39, 0.29) is 18.6 Å². The molecule has 6 heteroatoms. The zero-order valence-corrected chi connectivity index (χ0v) is 10.9. The number of carboxylic acids is 1. The van der Waals surface area contributed by atoms with Gasteiger partial charge in [0.05, 0.1) is 12.0 Å². The van der Waals surface area contributed by atoms with E-state index < -0.39 is 18.0 Å². The van der Waals surface area contributed by atoms with Crippen molar-refractivity contribution in [2.45, 2.75) is 51.2 Å². The smallest absolute Gasteiger partial charge is 0.315 e. The van der Waals surface area contributed by atoms with Crippen molar-refractivity contribution in [2.24, 2.45) is 5.92 Å². The van der Waals surface area contributed by atoms with Gasteiger partial charge in [0.25, 0.3) is 0 Å². The van der Waals surface area contributed by atoms with Crippen LogP contribution in [-0.4, -0.2) is 40.4 Å². The average Bonchev–Trinajstić information content (AvgIpc) is 2.09. The van der Waals surface area contributed by atoms with Crippen molar-refractivity contribution in [3.8, 4) is 0 Å². The van der Waals surface area contributed by atoms with Crippen LogP contribution in [0, 0.1) is 5.92 Å². The van der Waals surface area contributed by atoms with Gasteiger partial charge in [-0.05, 0) is 32.6 Å². The first-order valence-corrected chi connectivity index (χ1v) is 6.29. The molecule has 104 valence electrons. The molecular weight excluding hydrogens is 236 g/mol. The Morgan fingerprint density at radius 1 is 1.44 bits per heavy atom. The number of rotatable bonds is 6. The van der Waals surface area contributed by atoms with Gasteiger partial charge in [-0.25, -0.2) is 4.79 Å². The Labute approximate surface area is 107 Å².